The number of carbonyl (C=O) groups excluding carboxylic acids is 1. The van der Waals surface area contributed by atoms with Gasteiger partial charge < -0.3 is 20.6 Å². The lowest BCUT2D eigenvalue weighted by atomic mass is 9.94. The van der Waals surface area contributed by atoms with Crippen molar-refractivity contribution in [3.05, 3.63) is 23.8 Å². The summed E-state index contributed by atoms with van der Waals surface area (Å²) in [5, 5.41) is 32.1. The molecule has 1 aromatic rings. The number of benzene rings is 1. The van der Waals surface area contributed by atoms with Crippen molar-refractivity contribution in [1.29, 1.82) is 0 Å². The van der Waals surface area contributed by atoms with Crippen molar-refractivity contribution in [3.63, 3.8) is 0 Å². The zero-order chi connectivity index (χ0) is 14.6. The molecule has 4 N–H and O–H groups in total. The summed E-state index contributed by atoms with van der Waals surface area (Å²) in [6.07, 6.45) is 5.51. The van der Waals surface area contributed by atoms with E-state index >= 15 is 0 Å². The third-order valence-corrected chi connectivity index (χ3v) is 3.87. The molecule has 0 bridgehead atoms. The second-order valence-corrected chi connectivity index (χ2v) is 5.49. The summed E-state index contributed by atoms with van der Waals surface area (Å²) in [5.41, 5.74) is -0.847. The zero-order valence-corrected chi connectivity index (χ0v) is 11.4. The van der Waals surface area contributed by atoms with Crippen molar-refractivity contribution >= 4 is 5.91 Å². The van der Waals surface area contributed by atoms with Crippen molar-refractivity contribution in [2.24, 2.45) is 0 Å². The van der Waals surface area contributed by atoms with E-state index in [4.69, 9.17) is 0 Å². The number of carbonyl (C=O) groups is 1. The second kappa shape index (κ2) is 6.13. The Kier molecular flexibility index (Phi) is 4.49. The number of phenols is 2. The Balaban J connectivity index is 1.99. The van der Waals surface area contributed by atoms with Crippen LogP contribution >= 0.6 is 0 Å². The van der Waals surface area contributed by atoms with Crippen molar-refractivity contribution in [2.75, 3.05) is 6.54 Å². The molecular formula is C15H21NO4. The van der Waals surface area contributed by atoms with Gasteiger partial charge in [0.05, 0.1) is 11.2 Å². The zero-order valence-electron chi connectivity index (χ0n) is 11.4. The first kappa shape index (κ1) is 14.7. The Labute approximate surface area is 118 Å². The maximum Gasteiger partial charge on any atom is 0.255 e. The van der Waals surface area contributed by atoms with E-state index in [0.717, 1.165) is 25.7 Å². The lowest BCUT2D eigenvalue weighted by molar-refractivity contribution is 0.0246. The van der Waals surface area contributed by atoms with Gasteiger partial charge in [0, 0.05) is 6.54 Å². The Bertz CT molecular complexity index is 479. The lowest BCUT2D eigenvalue weighted by Gasteiger charge is -2.26. The fourth-order valence-electron chi connectivity index (χ4n) is 2.62. The van der Waals surface area contributed by atoms with Crippen LogP contribution in [0.15, 0.2) is 18.2 Å². The van der Waals surface area contributed by atoms with Crippen molar-refractivity contribution in [2.45, 2.75) is 44.1 Å². The van der Waals surface area contributed by atoms with Gasteiger partial charge in [-0.1, -0.05) is 31.7 Å². The van der Waals surface area contributed by atoms with E-state index in [1.165, 1.54) is 18.2 Å². The van der Waals surface area contributed by atoms with Crippen molar-refractivity contribution < 1.29 is 20.1 Å². The van der Waals surface area contributed by atoms with Gasteiger partial charge in [-0.3, -0.25) is 4.79 Å². The molecule has 0 unspecified atom stereocenters. The smallest absolute Gasteiger partial charge is 0.255 e. The van der Waals surface area contributed by atoms with E-state index in [9.17, 15) is 20.1 Å². The molecule has 20 heavy (non-hydrogen) atoms. The molecule has 1 fully saturated rings. The monoisotopic (exact) mass is 279 g/mol. The minimum atomic E-state index is -0.862. The molecule has 1 amide bonds. The van der Waals surface area contributed by atoms with Crippen LogP contribution in [-0.4, -0.2) is 33.4 Å². The van der Waals surface area contributed by atoms with E-state index in [0.29, 0.717) is 12.8 Å². The van der Waals surface area contributed by atoms with Crippen LogP contribution in [0.2, 0.25) is 0 Å². The molecule has 0 spiro atoms. The predicted molar refractivity (Wildman–Crippen MR) is 74.8 cm³/mol. The molecule has 5 heteroatoms. The van der Waals surface area contributed by atoms with Crippen molar-refractivity contribution in [1.82, 2.24) is 5.32 Å². The van der Waals surface area contributed by atoms with Gasteiger partial charge in [0.2, 0.25) is 0 Å². The summed E-state index contributed by atoms with van der Waals surface area (Å²) < 4.78 is 0. The minimum Gasteiger partial charge on any atom is -0.504 e. The summed E-state index contributed by atoms with van der Waals surface area (Å²) in [6.45, 7) is 0.168. The molecule has 0 aromatic heterocycles. The lowest BCUT2D eigenvalue weighted by Crippen LogP contribution is -2.42. The molecule has 1 aliphatic carbocycles. The van der Waals surface area contributed by atoms with Gasteiger partial charge in [0.1, 0.15) is 0 Å². The standard InChI is InChI=1S/C15H21NO4/c17-12-7-5-6-11(13(12)18)14(19)16-10-15(20)8-3-1-2-4-9-15/h5-7,17-18,20H,1-4,8-10H2,(H,16,19). The number of aromatic hydroxyl groups is 2. The highest BCUT2D eigenvalue weighted by molar-refractivity contribution is 5.97. The number of nitrogens with one attached hydrogen (secondary N) is 1. The molecule has 0 saturated heterocycles. The van der Waals surface area contributed by atoms with Crippen LogP contribution in [0.4, 0.5) is 0 Å². The summed E-state index contributed by atoms with van der Waals surface area (Å²) >= 11 is 0. The van der Waals surface area contributed by atoms with Crippen LogP contribution in [-0.2, 0) is 0 Å². The summed E-state index contributed by atoms with van der Waals surface area (Å²) in [6, 6.07) is 4.23. The molecule has 1 saturated carbocycles. The van der Waals surface area contributed by atoms with Crippen LogP contribution in [0.25, 0.3) is 0 Å². The van der Waals surface area contributed by atoms with Crippen LogP contribution in [0.3, 0.4) is 0 Å². The highest BCUT2D eigenvalue weighted by atomic mass is 16.3. The maximum absolute atomic E-state index is 12.0. The third-order valence-electron chi connectivity index (χ3n) is 3.87. The first-order chi connectivity index (χ1) is 9.52. The molecule has 1 aliphatic rings. The van der Waals surface area contributed by atoms with Crippen molar-refractivity contribution in [3.8, 4) is 11.5 Å². The van der Waals surface area contributed by atoms with Gasteiger partial charge in [-0.25, -0.2) is 0 Å². The molecule has 0 heterocycles. The second-order valence-electron chi connectivity index (χ2n) is 5.49. The Morgan fingerprint density at radius 3 is 2.45 bits per heavy atom. The fourth-order valence-corrected chi connectivity index (χ4v) is 2.62. The van der Waals surface area contributed by atoms with E-state index in [1.54, 1.807) is 0 Å². The molecular weight excluding hydrogens is 258 g/mol. The largest absolute Gasteiger partial charge is 0.504 e. The highest BCUT2D eigenvalue weighted by Crippen LogP contribution is 2.29. The first-order valence-electron chi connectivity index (χ1n) is 7.03. The van der Waals surface area contributed by atoms with Crippen LogP contribution < -0.4 is 5.32 Å². The minimum absolute atomic E-state index is 0.0159. The van der Waals surface area contributed by atoms with Gasteiger partial charge in [-0.15, -0.1) is 0 Å². The molecule has 110 valence electrons. The van der Waals surface area contributed by atoms with Gasteiger partial charge >= 0.3 is 0 Å². The SMILES string of the molecule is O=C(NCC1(O)CCCCCC1)c1cccc(O)c1O. The molecule has 2 rings (SSSR count). The Morgan fingerprint density at radius 1 is 1.15 bits per heavy atom. The predicted octanol–water partition coefficient (Wildman–Crippen LogP) is 1.91. The maximum atomic E-state index is 12.0. The molecule has 5 nitrogen and oxygen atoms in total. The van der Waals surface area contributed by atoms with E-state index < -0.39 is 17.3 Å². The van der Waals surface area contributed by atoms with Gasteiger partial charge in [0.15, 0.2) is 11.5 Å². The van der Waals surface area contributed by atoms with Gasteiger partial charge in [-0.2, -0.15) is 0 Å². The quantitative estimate of drug-likeness (QED) is 0.502. The molecule has 0 atom stereocenters. The number of amides is 1. The number of hydrogen-bond acceptors (Lipinski definition) is 4. The normalized spacial score (nSPS) is 18.2. The summed E-state index contributed by atoms with van der Waals surface area (Å²) in [7, 11) is 0. The number of hydrogen-bond donors (Lipinski definition) is 4. The highest BCUT2D eigenvalue weighted by Gasteiger charge is 2.28. The fraction of sp³-hybridized carbons (Fsp3) is 0.533. The average molecular weight is 279 g/mol. The number of phenolic OH excluding ortho intramolecular Hbond substituents is 2. The topological polar surface area (TPSA) is 89.8 Å². The average Bonchev–Trinajstić information content (AvgIpc) is 2.65. The summed E-state index contributed by atoms with van der Waals surface area (Å²) in [5.74, 6) is -1.25. The van der Waals surface area contributed by atoms with E-state index in [1.807, 2.05) is 0 Å². The van der Waals surface area contributed by atoms with Crippen LogP contribution in [0.1, 0.15) is 48.9 Å². The number of rotatable bonds is 3. The van der Waals surface area contributed by atoms with Gasteiger partial charge in [0.25, 0.3) is 5.91 Å². The Hall–Kier alpha value is -1.75. The van der Waals surface area contributed by atoms with Crippen LogP contribution in [0.5, 0.6) is 11.5 Å². The molecule has 1 aromatic carbocycles. The van der Waals surface area contributed by atoms with Crippen LogP contribution in [0, 0.1) is 0 Å². The number of para-hydroxylation sites is 1. The first-order valence-corrected chi connectivity index (χ1v) is 7.03. The van der Waals surface area contributed by atoms with E-state index in [2.05, 4.69) is 5.32 Å². The molecule has 0 radical (unpaired) electrons. The summed E-state index contributed by atoms with van der Waals surface area (Å²) in [4.78, 5) is 12.0. The van der Waals surface area contributed by atoms with E-state index in [-0.39, 0.29) is 17.9 Å². The molecule has 0 aliphatic heterocycles. The Morgan fingerprint density at radius 2 is 1.80 bits per heavy atom. The van der Waals surface area contributed by atoms with Gasteiger partial charge in [-0.05, 0) is 25.0 Å². The third kappa shape index (κ3) is 3.42. The number of aliphatic hydroxyl groups is 1.